The van der Waals surface area contributed by atoms with Crippen LogP contribution in [0.25, 0.3) is 0 Å². The van der Waals surface area contributed by atoms with Gasteiger partial charge in [-0.05, 0) is 25.2 Å². The molecular weight excluding hydrogens is 278 g/mol. The van der Waals surface area contributed by atoms with Gasteiger partial charge in [-0.2, -0.15) is 0 Å². The molecule has 2 saturated heterocycles. The molecule has 0 aromatic carbocycles. The molecule has 2 rings (SSSR count). The number of imide groups is 1. The zero-order valence-corrected chi connectivity index (χ0v) is 11.7. The lowest BCUT2D eigenvalue weighted by atomic mass is 9.92. The molecule has 116 valence electrons. The lowest BCUT2D eigenvalue weighted by molar-refractivity contribution is -0.138. The van der Waals surface area contributed by atoms with E-state index < -0.39 is 12.0 Å². The number of piperidine rings is 1. The van der Waals surface area contributed by atoms with Crippen molar-refractivity contribution in [2.75, 3.05) is 26.2 Å². The number of carbonyl (C=O) groups excluding carboxylic acids is 3. The summed E-state index contributed by atoms with van der Waals surface area (Å²) in [4.78, 5) is 48.0. The Morgan fingerprint density at radius 3 is 2.43 bits per heavy atom. The van der Waals surface area contributed by atoms with Gasteiger partial charge in [0.25, 0.3) is 5.91 Å². The normalized spacial score (nSPS) is 19.8. The molecular formula is C13H19N3O5. The first-order chi connectivity index (χ1) is 9.97. The van der Waals surface area contributed by atoms with Gasteiger partial charge < -0.3 is 15.3 Å². The Morgan fingerprint density at radius 1 is 1.24 bits per heavy atom. The molecule has 8 heteroatoms. The Balaban J connectivity index is 1.76. The van der Waals surface area contributed by atoms with E-state index in [0.29, 0.717) is 25.4 Å². The molecule has 0 saturated carbocycles. The summed E-state index contributed by atoms with van der Waals surface area (Å²) in [5.41, 5.74) is 0. The maximum Gasteiger partial charge on any atom is 0.325 e. The molecule has 2 aliphatic rings. The van der Waals surface area contributed by atoms with Crippen molar-refractivity contribution in [1.82, 2.24) is 15.1 Å². The number of carboxylic acid groups (broad SMARTS) is 1. The maximum atomic E-state index is 12.1. The highest BCUT2D eigenvalue weighted by atomic mass is 16.4. The SMILES string of the molecule is O=C(O)CCC1CCN(C(=O)CN2C(=O)CNC2=O)CC1. The van der Waals surface area contributed by atoms with Gasteiger partial charge in [0.15, 0.2) is 0 Å². The highest BCUT2D eigenvalue weighted by molar-refractivity contribution is 6.04. The van der Waals surface area contributed by atoms with Gasteiger partial charge in [0, 0.05) is 19.5 Å². The summed E-state index contributed by atoms with van der Waals surface area (Å²) in [7, 11) is 0. The Kier molecular flexibility index (Phi) is 4.77. The number of hydrogen-bond acceptors (Lipinski definition) is 4. The third-order valence-corrected chi connectivity index (χ3v) is 3.96. The number of likely N-dealkylation sites (tertiary alicyclic amines) is 1. The summed E-state index contributed by atoms with van der Waals surface area (Å²) >= 11 is 0. The van der Waals surface area contributed by atoms with Crippen LogP contribution in [0.2, 0.25) is 0 Å². The van der Waals surface area contributed by atoms with Crippen molar-refractivity contribution in [3.05, 3.63) is 0 Å². The van der Waals surface area contributed by atoms with Crippen LogP contribution in [-0.2, 0) is 14.4 Å². The molecule has 2 fully saturated rings. The van der Waals surface area contributed by atoms with Crippen molar-refractivity contribution >= 4 is 23.8 Å². The van der Waals surface area contributed by atoms with E-state index in [9.17, 15) is 19.2 Å². The first-order valence-corrected chi connectivity index (χ1v) is 7.05. The van der Waals surface area contributed by atoms with Gasteiger partial charge in [0.1, 0.15) is 6.54 Å². The minimum atomic E-state index is -0.799. The van der Waals surface area contributed by atoms with Gasteiger partial charge in [-0.3, -0.25) is 19.3 Å². The standard InChI is InChI=1S/C13H19N3O5/c17-10-7-14-13(21)16(10)8-11(18)15-5-3-9(4-6-15)1-2-12(19)20/h9H,1-8H2,(H,14,21)(H,19,20). The molecule has 0 spiro atoms. The highest BCUT2D eigenvalue weighted by Gasteiger charge is 2.32. The average molecular weight is 297 g/mol. The quantitative estimate of drug-likeness (QED) is 0.674. The van der Waals surface area contributed by atoms with E-state index in [1.165, 1.54) is 0 Å². The lowest BCUT2D eigenvalue weighted by Gasteiger charge is -2.32. The summed E-state index contributed by atoms with van der Waals surface area (Å²) in [5, 5.41) is 11.0. The van der Waals surface area contributed by atoms with E-state index in [1.54, 1.807) is 4.90 Å². The van der Waals surface area contributed by atoms with Crippen molar-refractivity contribution in [2.24, 2.45) is 5.92 Å². The van der Waals surface area contributed by atoms with E-state index in [1.807, 2.05) is 0 Å². The molecule has 8 nitrogen and oxygen atoms in total. The van der Waals surface area contributed by atoms with Crippen molar-refractivity contribution in [1.29, 1.82) is 0 Å². The van der Waals surface area contributed by atoms with Crippen LogP contribution in [0.4, 0.5) is 4.79 Å². The second-order valence-corrected chi connectivity index (χ2v) is 5.40. The van der Waals surface area contributed by atoms with E-state index in [-0.39, 0.29) is 31.3 Å². The first kappa shape index (κ1) is 15.3. The molecule has 4 amide bonds. The van der Waals surface area contributed by atoms with Crippen molar-refractivity contribution in [2.45, 2.75) is 25.7 Å². The monoisotopic (exact) mass is 297 g/mol. The number of aliphatic carboxylic acids is 1. The van der Waals surface area contributed by atoms with Gasteiger partial charge in [0.2, 0.25) is 5.91 Å². The molecule has 21 heavy (non-hydrogen) atoms. The van der Waals surface area contributed by atoms with Gasteiger partial charge in [0.05, 0.1) is 6.54 Å². The fourth-order valence-corrected chi connectivity index (χ4v) is 2.65. The van der Waals surface area contributed by atoms with Gasteiger partial charge in [-0.1, -0.05) is 0 Å². The van der Waals surface area contributed by atoms with Crippen LogP contribution >= 0.6 is 0 Å². The molecule has 2 N–H and O–H groups in total. The smallest absolute Gasteiger partial charge is 0.325 e. The third kappa shape index (κ3) is 3.93. The van der Waals surface area contributed by atoms with Crippen LogP contribution < -0.4 is 5.32 Å². The number of hydrogen-bond donors (Lipinski definition) is 2. The van der Waals surface area contributed by atoms with Gasteiger partial charge in [-0.15, -0.1) is 0 Å². The fraction of sp³-hybridized carbons (Fsp3) is 0.692. The van der Waals surface area contributed by atoms with Gasteiger partial charge >= 0.3 is 12.0 Å². The molecule has 0 unspecified atom stereocenters. The second kappa shape index (κ2) is 6.55. The van der Waals surface area contributed by atoms with Gasteiger partial charge in [-0.25, -0.2) is 4.79 Å². The number of rotatable bonds is 5. The minimum Gasteiger partial charge on any atom is -0.481 e. The summed E-state index contributed by atoms with van der Waals surface area (Å²) in [6.07, 6.45) is 2.31. The molecule has 0 atom stereocenters. The van der Waals surface area contributed by atoms with Crippen molar-refractivity contribution in [3.63, 3.8) is 0 Å². The number of amides is 4. The van der Waals surface area contributed by atoms with Crippen molar-refractivity contribution in [3.8, 4) is 0 Å². The van der Waals surface area contributed by atoms with Crippen LogP contribution in [0.3, 0.4) is 0 Å². The van der Waals surface area contributed by atoms with E-state index in [4.69, 9.17) is 5.11 Å². The second-order valence-electron chi connectivity index (χ2n) is 5.40. The Bertz CT molecular complexity index is 441. The van der Waals surface area contributed by atoms with Crippen molar-refractivity contribution < 1.29 is 24.3 Å². The average Bonchev–Trinajstić information content (AvgIpc) is 2.77. The van der Waals surface area contributed by atoms with E-state index >= 15 is 0 Å². The minimum absolute atomic E-state index is 0.0522. The number of nitrogens with one attached hydrogen (secondary N) is 1. The zero-order valence-electron chi connectivity index (χ0n) is 11.7. The summed E-state index contributed by atoms with van der Waals surface area (Å²) in [5.74, 6) is -1.10. The van der Waals surface area contributed by atoms with Crippen LogP contribution in [-0.4, -0.2) is 64.9 Å². The molecule has 2 heterocycles. The number of carbonyl (C=O) groups is 4. The molecule has 0 aromatic rings. The van der Waals surface area contributed by atoms with Crippen LogP contribution in [0.15, 0.2) is 0 Å². The largest absolute Gasteiger partial charge is 0.481 e. The topological polar surface area (TPSA) is 107 Å². The molecule has 0 aromatic heterocycles. The lowest BCUT2D eigenvalue weighted by Crippen LogP contribution is -2.46. The molecule has 0 aliphatic carbocycles. The number of carboxylic acids is 1. The summed E-state index contributed by atoms with van der Waals surface area (Å²) in [6.45, 7) is 0.827. The predicted molar refractivity (Wildman–Crippen MR) is 71.3 cm³/mol. The molecule has 0 radical (unpaired) electrons. The van der Waals surface area contributed by atoms with Crippen LogP contribution in [0, 0.1) is 5.92 Å². The zero-order chi connectivity index (χ0) is 15.4. The Hall–Kier alpha value is -2.12. The first-order valence-electron chi connectivity index (χ1n) is 7.05. The van der Waals surface area contributed by atoms with Crippen LogP contribution in [0.1, 0.15) is 25.7 Å². The Morgan fingerprint density at radius 2 is 1.90 bits per heavy atom. The molecule has 2 aliphatic heterocycles. The fourth-order valence-electron chi connectivity index (χ4n) is 2.65. The third-order valence-electron chi connectivity index (χ3n) is 3.96. The van der Waals surface area contributed by atoms with Crippen LogP contribution in [0.5, 0.6) is 0 Å². The summed E-state index contributed by atoms with van der Waals surface area (Å²) in [6, 6.07) is -0.523. The molecule has 0 bridgehead atoms. The Labute approximate surface area is 122 Å². The predicted octanol–water partition coefficient (Wildman–Crippen LogP) is -0.358. The summed E-state index contributed by atoms with van der Waals surface area (Å²) < 4.78 is 0. The number of nitrogens with zero attached hydrogens (tertiary/aromatic N) is 2. The highest BCUT2D eigenvalue weighted by Crippen LogP contribution is 2.22. The van der Waals surface area contributed by atoms with E-state index in [0.717, 1.165) is 17.7 Å². The number of urea groups is 1. The van der Waals surface area contributed by atoms with E-state index in [2.05, 4.69) is 5.32 Å². The maximum absolute atomic E-state index is 12.1.